The Bertz CT molecular complexity index is 313. The monoisotopic (exact) mass is 161 g/mol. The number of benzene rings is 1. The molecule has 0 bridgehead atoms. The van der Waals surface area contributed by atoms with Gasteiger partial charge in [0.05, 0.1) is 5.56 Å². The third kappa shape index (κ3) is 1.95. The molecule has 0 aliphatic rings. The van der Waals surface area contributed by atoms with Gasteiger partial charge < -0.3 is 0 Å². The predicted octanol–water partition coefficient (Wildman–Crippen LogP) is 2.29. The molecule has 0 heterocycles. The van der Waals surface area contributed by atoms with Crippen LogP contribution in [0.4, 0.5) is 0 Å². The second-order valence-corrected chi connectivity index (χ2v) is 2.41. The van der Waals surface area contributed by atoms with Gasteiger partial charge in [-0.1, -0.05) is 24.3 Å². The van der Waals surface area contributed by atoms with Crippen LogP contribution in [0.15, 0.2) is 30.3 Å². The molecular formula is C10H9O2. The molecule has 1 rings (SSSR count). The normalized spacial score (nSPS) is 10.4. The van der Waals surface area contributed by atoms with Gasteiger partial charge in [-0.25, -0.2) is 9.90 Å². The molecule has 0 unspecified atom stereocenters. The van der Waals surface area contributed by atoms with E-state index in [2.05, 4.69) is 0 Å². The first-order valence-corrected chi connectivity index (χ1v) is 3.68. The molecule has 1 radical (unpaired) electrons. The van der Waals surface area contributed by atoms with Crippen LogP contribution in [0.5, 0.6) is 0 Å². The van der Waals surface area contributed by atoms with E-state index in [1.54, 1.807) is 12.1 Å². The predicted molar refractivity (Wildman–Crippen MR) is 46.2 cm³/mol. The molecule has 0 aliphatic heterocycles. The molecule has 0 atom stereocenters. The maximum atomic E-state index is 10.4. The van der Waals surface area contributed by atoms with Gasteiger partial charge in [-0.15, -0.1) is 0 Å². The summed E-state index contributed by atoms with van der Waals surface area (Å²) in [6.45, 7) is 1.88. The van der Waals surface area contributed by atoms with Gasteiger partial charge in [0.2, 0.25) is 0 Å². The molecule has 12 heavy (non-hydrogen) atoms. The summed E-state index contributed by atoms with van der Waals surface area (Å²) >= 11 is 0. The fourth-order valence-electron chi connectivity index (χ4n) is 0.962. The van der Waals surface area contributed by atoms with Crippen molar-refractivity contribution in [3.05, 3.63) is 41.5 Å². The van der Waals surface area contributed by atoms with Crippen molar-refractivity contribution in [1.82, 2.24) is 0 Å². The molecule has 0 fully saturated rings. The zero-order valence-corrected chi connectivity index (χ0v) is 6.78. The highest BCUT2D eigenvalue weighted by atomic mass is 16.4. The van der Waals surface area contributed by atoms with Crippen LogP contribution < -0.4 is 0 Å². The Labute approximate surface area is 71.2 Å². The maximum Gasteiger partial charge on any atom is 0.386 e. The lowest BCUT2D eigenvalue weighted by atomic mass is 10.1. The van der Waals surface area contributed by atoms with Gasteiger partial charge in [0.1, 0.15) is 0 Å². The summed E-state index contributed by atoms with van der Waals surface area (Å²) in [5.41, 5.74) is 1.09. The summed E-state index contributed by atoms with van der Waals surface area (Å²) < 4.78 is 0. The van der Waals surface area contributed by atoms with Crippen molar-refractivity contribution in [2.75, 3.05) is 0 Å². The summed E-state index contributed by atoms with van der Waals surface area (Å²) in [4.78, 5) is 10.4. The number of carbonyl (C=O) groups excluding carboxylic acids is 1. The quantitative estimate of drug-likeness (QED) is 0.655. The highest BCUT2D eigenvalue weighted by Crippen LogP contribution is 2.06. The van der Waals surface area contributed by atoms with Crippen LogP contribution in [-0.2, 0) is 5.11 Å². The fourth-order valence-corrected chi connectivity index (χ4v) is 0.962. The summed E-state index contributed by atoms with van der Waals surface area (Å²) in [7, 11) is 0. The molecule has 0 saturated carbocycles. The van der Waals surface area contributed by atoms with E-state index in [1.807, 2.05) is 25.1 Å². The minimum atomic E-state index is -1.14. The lowest BCUT2D eigenvalue weighted by molar-refractivity contribution is 0.0573. The second-order valence-electron chi connectivity index (χ2n) is 2.41. The van der Waals surface area contributed by atoms with Gasteiger partial charge >= 0.3 is 5.97 Å². The summed E-state index contributed by atoms with van der Waals surface area (Å²) in [5.74, 6) is -1.14. The largest absolute Gasteiger partial charge is 0.386 e. The highest BCUT2D eigenvalue weighted by Gasteiger charge is 2.03. The molecule has 0 saturated heterocycles. The summed E-state index contributed by atoms with van der Waals surface area (Å²) in [6, 6.07) is 6.63. The Morgan fingerprint density at radius 2 is 2.17 bits per heavy atom. The Morgan fingerprint density at radius 1 is 1.42 bits per heavy atom. The highest BCUT2D eigenvalue weighted by molar-refractivity contribution is 5.87. The molecule has 0 amide bonds. The van der Waals surface area contributed by atoms with E-state index in [4.69, 9.17) is 0 Å². The molecule has 0 aromatic heterocycles. The molecule has 2 nitrogen and oxygen atoms in total. The van der Waals surface area contributed by atoms with E-state index >= 15 is 0 Å². The molecule has 0 spiro atoms. The van der Waals surface area contributed by atoms with Gasteiger partial charge in [0.15, 0.2) is 0 Å². The first kappa shape index (κ1) is 8.53. The minimum absolute atomic E-state index is 0.214. The molecule has 2 heteroatoms. The van der Waals surface area contributed by atoms with Gasteiger partial charge in [-0.05, 0) is 24.6 Å². The Morgan fingerprint density at radius 3 is 2.75 bits per heavy atom. The first-order valence-electron chi connectivity index (χ1n) is 3.68. The van der Waals surface area contributed by atoms with Crippen molar-refractivity contribution < 1.29 is 9.90 Å². The molecule has 0 aliphatic carbocycles. The van der Waals surface area contributed by atoms with Crippen LogP contribution in [0.1, 0.15) is 22.8 Å². The minimum Gasteiger partial charge on any atom is -0.242 e. The first-order chi connectivity index (χ1) is 5.74. The summed E-state index contributed by atoms with van der Waals surface area (Å²) in [5, 5.41) is 10.4. The molecule has 1 aromatic rings. The lowest BCUT2D eigenvalue weighted by Gasteiger charge is -1.93. The van der Waals surface area contributed by atoms with Crippen LogP contribution in [0.25, 0.3) is 6.08 Å². The van der Waals surface area contributed by atoms with Crippen molar-refractivity contribution in [2.24, 2.45) is 0 Å². The smallest absolute Gasteiger partial charge is 0.242 e. The van der Waals surface area contributed by atoms with Crippen molar-refractivity contribution in [3.8, 4) is 0 Å². The van der Waals surface area contributed by atoms with Gasteiger partial charge in [-0.2, -0.15) is 0 Å². The Kier molecular flexibility index (Phi) is 2.64. The van der Waals surface area contributed by atoms with Crippen molar-refractivity contribution in [1.29, 1.82) is 0 Å². The van der Waals surface area contributed by atoms with Crippen LogP contribution >= 0.6 is 0 Å². The standard InChI is InChI=1S/C10H9O2/c1-2-4-8-5-3-6-9(7-8)10(11)12/h2-7H,1H3/b4-2+. The second kappa shape index (κ2) is 3.72. The number of hydrogen-bond donors (Lipinski definition) is 0. The van der Waals surface area contributed by atoms with Gasteiger partial charge in [-0.3, -0.25) is 0 Å². The van der Waals surface area contributed by atoms with E-state index in [-0.39, 0.29) is 5.56 Å². The average Bonchev–Trinajstić information content (AvgIpc) is 2.05. The zero-order chi connectivity index (χ0) is 8.97. The van der Waals surface area contributed by atoms with E-state index in [0.29, 0.717) is 0 Å². The van der Waals surface area contributed by atoms with Gasteiger partial charge in [0, 0.05) is 0 Å². The van der Waals surface area contributed by atoms with Gasteiger partial charge in [0.25, 0.3) is 0 Å². The van der Waals surface area contributed by atoms with E-state index in [0.717, 1.165) is 5.56 Å². The molecular weight excluding hydrogens is 152 g/mol. The SMILES string of the molecule is C/C=C/c1cccc(C([O])=O)c1. The number of carbonyl (C=O) groups is 1. The van der Waals surface area contributed by atoms with Crippen molar-refractivity contribution >= 4 is 12.0 Å². The number of allylic oxidation sites excluding steroid dienone is 1. The fraction of sp³-hybridized carbons (Fsp3) is 0.100. The summed E-state index contributed by atoms with van der Waals surface area (Å²) in [6.07, 6.45) is 3.70. The third-order valence-corrected chi connectivity index (χ3v) is 1.48. The van der Waals surface area contributed by atoms with Crippen LogP contribution in [-0.4, -0.2) is 5.97 Å². The third-order valence-electron chi connectivity index (χ3n) is 1.48. The molecule has 0 N–H and O–H groups in total. The van der Waals surface area contributed by atoms with Crippen LogP contribution in [0.3, 0.4) is 0 Å². The average molecular weight is 161 g/mol. The van der Waals surface area contributed by atoms with Crippen LogP contribution in [0.2, 0.25) is 0 Å². The lowest BCUT2D eigenvalue weighted by Crippen LogP contribution is -1.93. The zero-order valence-electron chi connectivity index (χ0n) is 6.78. The van der Waals surface area contributed by atoms with Crippen molar-refractivity contribution in [3.63, 3.8) is 0 Å². The molecule has 61 valence electrons. The molecule has 1 aromatic carbocycles. The van der Waals surface area contributed by atoms with E-state index in [9.17, 15) is 9.90 Å². The number of hydrogen-bond acceptors (Lipinski definition) is 1. The maximum absolute atomic E-state index is 10.4. The van der Waals surface area contributed by atoms with Crippen molar-refractivity contribution in [2.45, 2.75) is 6.92 Å². The topological polar surface area (TPSA) is 37.0 Å². The van der Waals surface area contributed by atoms with E-state index in [1.165, 1.54) is 6.07 Å². The van der Waals surface area contributed by atoms with Crippen LogP contribution in [0, 0.1) is 0 Å². The Balaban J connectivity index is 3.03. The van der Waals surface area contributed by atoms with E-state index < -0.39 is 5.97 Å². The Hall–Kier alpha value is -1.57. The number of rotatable bonds is 2.